The highest BCUT2D eigenvalue weighted by Gasteiger charge is 2.24. The summed E-state index contributed by atoms with van der Waals surface area (Å²) < 4.78 is 7.56. The Morgan fingerprint density at radius 1 is 1.20 bits per heavy atom. The zero-order valence-corrected chi connectivity index (χ0v) is 21.9. The maximum Gasteiger partial charge on any atom is 0.273 e. The summed E-state index contributed by atoms with van der Waals surface area (Å²) in [6, 6.07) is 9.41. The molecule has 0 atom stereocenters. The fourth-order valence-corrected chi connectivity index (χ4v) is 5.90. The summed E-state index contributed by atoms with van der Waals surface area (Å²) in [4.78, 5) is 21.8. The Labute approximate surface area is 216 Å². The van der Waals surface area contributed by atoms with Crippen LogP contribution in [0.1, 0.15) is 28.0 Å². The quantitative estimate of drug-likeness (QED) is 0.312. The summed E-state index contributed by atoms with van der Waals surface area (Å²) in [5.74, 6) is 1.79. The van der Waals surface area contributed by atoms with E-state index < -0.39 is 0 Å². The molecule has 4 heterocycles. The number of likely N-dealkylation sites (N-methyl/N-ethyl adjacent to an activating group) is 1. The number of rotatable bonds is 7. The third-order valence-corrected chi connectivity index (χ3v) is 8.20. The minimum atomic E-state index is 0.00563. The average Bonchev–Trinajstić information content (AvgIpc) is 3.64. The Hall–Kier alpha value is -2.66. The van der Waals surface area contributed by atoms with Crippen LogP contribution in [0.25, 0.3) is 17.3 Å². The highest BCUT2D eigenvalue weighted by Crippen LogP contribution is 2.32. The molecule has 0 unspecified atom stereocenters. The SMILES string of the molecule is CCN1CCN(C(=O)c2csc(CSc3nnc(-c4ccco4)n3-c3cc(Cl)ccc3C)n2)CC1. The van der Waals surface area contributed by atoms with Gasteiger partial charge in [-0.05, 0) is 43.3 Å². The number of hydrogen-bond acceptors (Lipinski definition) is 8. The molecule has 0 radical (unpaired) electrons. The first-order valence-corrected chi connectivity index (χ1v) is 13.6. The predicted octanol–water partition coefficient (Wildman–Crippen LogP) is 5.02. The molecule has 11 heteroatoms. The van der Waals surface area contributed by atoms with Crippen molar-refractivity contribution in [1.29, 1.82) is 0 Å². The molecule has 0 saturated carbocycles. The van der Waals surface area contributed by atoms with Crippen LogP contribution in [0.15, 0.2) is 51.5 Å². The maximum atomic E-state index is 12.9. The van der Waals surface area contributed by atoms with Gasteiger partial charge >= 0.3 is 0 Å². The van der Waals surface area contributed by atoms with Gasteiger partial charge in [0.05, 0.1) is 17.7 Å². The summed E-state index contributed by atoms with van der Waals surface area (Å²) in [6.45, 7) is 8.48. The molecule has 0 aliphatic carbocycles. The van der Waals surface area contributed by atoms with Gasteiger partial charge in [-0.3, -0.25) is 9.36 Å². The lowest BCUT2D eigenvalue weighted by Gasteiger charge is -2.33. The maximum absolute atomic E-state index is 12.9. The fraction of sp³-hybridized carbons (Fsp3) is 0.333. The zero-order valence-electron chi connectivity index (χ0n) is 19.5. The van der Waals surface area contributed by atoms with Crippen molar-refractivity contribution < 1.29 is 9.21 Å². The van der Waals surface area contributed by atoms with Crippen LogP contribution in [-0.4, -0.2) is 68.2 Å². The first-order valence-electron chi connectivity index (χ1n) is 11.4. The van der Waals surface area contributed by atoms with E-state index in [0.717, 1.165) is 49.0 Å². The van der Waals surface area contributed by atoms with E-state index in [0.29, 0.717) is 33.2 Å². The molecule has 1 saturated heterocycles. The molecule has 0 N–H and O–H groups in total. The lowest BCUT2D eigenvalue weighted by molar-refractivity contribution is 0.0638. The normalized spacial score (nSPS) is 14.5. The van der Waals surface area contributed by atoms with Gasteiger partial charge in [0.15, 0.2) is 10.9 Å². The van der Waals surface area contributed by atoms with Gasteiger partial charge in [0.25, 0.3) is 5.91 Å². The third-order valence-electron chi connectivity index (χ3n) is 5.99. The number of hydrogen-bond donors (Lipinski definition) is 0. The number of aromatic nitrogens is 4. The van der Waals surface area contributed by atoms with Crippen molar-refractivity contribution >= 4 is 40.6 Å². The lowest BCUT2D eigenvalue weighted by Crippen LogP contribution is -2.48. The second-order valence-electron chi connectivity index (χ2n) is 8.19. The monoisotopic (exact) mass is 528 g/mol. The molecular weight excluding hydrogens is 504 g/mol. The van der Waals surface area contributed by atoms with Gasteiger partial charge in [-0.2, -0.15) is 0 Å². The minimum absolute atomic E-state index is 0.00563. The molecule has 1 aliphatic rings. The van der Waals surface area contributed by atoms with Gasteiger partial charge in [0.2, 0.25) is 5.82 Å². The van der Waals surface area contributed by atoms with Gasteiger partial charge < -0.3 is 14.2 Å². The van der Waals surface area contributed by atoms with E-state index in [1.807, 2.05) is 52.1 Å². The third kappa shape index (κ3) is 5.16. The van der Waals surface area contributed by atoms with Crippen molar-refractivity contribution in [2.75, 3.05) is 32.7 Å². The van der Waals surface area contributed by atoms with Crippen molar-refractivity contribution in [2.24, 2.45) is 0 Å². The Bertz CT molecular complexity index is 1310. The summed E-state index contributed by atoms with van der Waals surface area (Å²) in [5.41, 5.74) is 2.44. The average molecular weight is 529 g/mol. The number of carbonyl (C=O) groups excluding carboxylic acids is 1. The van der Waals surface area contributed by atoms with E-state index in [4.69, 9.17) is 16.0 Å². The van der Waals surface area contributed by atoms with Gasteiger partial charge in [-0.1, -0.05) is 36.4 Å². The van der Waals surface area contributed by atoms with Crippen molar-refractivity contribution in [3.8, 4) is 17.3 Å². The standard InChI is InChI=1S/C24H25ClN6O2S2/c1-3-29-8-10-30(11-9-29)23(32)18-14-34-21(26-18)15-35-24-28-27-22(20-5-4-12-33-20)31(24)19-13-17(25)7-6-16(19)2/h4-7,12-14H,3,8-11,15H2,1-2H3. The lowest BCUT2D eigenvalue weighted by atomic mass is 10.2. The molecule has 5 rings (SSSR count). The van der Waals surface area contributed by atoms with Crippen LogP contribution in [-0.2, 0) is 5.75 Å². The van der Waals surface area contributed by atoms with Crippen LogP contribution >= 0.6 is 34.7 Å². The highest BCUT2D eigenvalue weighted by molar-refractivity contribution is 7.98. The number of piperazine rings is 1. The summed E-state index contributed by atoms with van der Waals surface area (Å²) in [6.07, 6.45) is 1.61. The van der Waals surface area contributed by atoms with Crippen LogP contribution in [0.3, 0.4) is 0 Å². The molecule has 0 spiro atoms. The first kappa shape index (κ1) is 24.1. The van der Waals surface area contributed by atoms with Crippen molar-refractivity contribution in [2.45, 2.75) is 24.8 Å². The Morgan fingerprint density at radius 3 is 2.77 bits per heavy atom. The number of amides is 1. The molecule has 1 aromatic carbocycles. The molecule has 4 aromatic rings. The van der Waals surface area contributed by atoms with Gasteiger partial charge in [-0.25, -0.2) is 4.98 Å². The molecule has 0 bridgehead atoms. The number of carbonyl (C=O) groups is 1. The van der Waals surface area contributed by atoms with E-state index in [9.17, 15) is 4.79 Å². The number of thiazole rings is 1. The molecular formula is C24H25ClN6O2S2. The second kappa shape index (κ2) is 10.5. The Morgan fingerprint density at radius 2 is 2.03 bits per heavy atom. The molecule has 1 fully saturated rings. The van der Waals surface area contributed by atoms with Crippen LogP contribution in [0.2, 0.25) is 5.02 Å². The fourth-order valence-electron chi connectivity index (χ4n) is 4.00. The number of aryl methyl sites for hydroxylation is 1. The van der Waals surface area contributed by atoms with Gasteiger partial charge in [0.1, 0.15) is 10.7 Å². The van der Waals surface area contributed by atoms with E-state index >= 15 is 0 Å². The molecule has 182 valence electrons. The van der Waals surface area contributed by atoms with Crippen molar-refractivity contribution in [3.05, 3.63) is 63.3 Å². The van der Waals surface area contributed by atoms with Crippen molar-refractivity contribution in [3.63, 3.8) is 0 Å². The van der Waals surface area contributed by atoms with Crippen LogP contribution in [0, 0.1) is 6.92 Å². The van der Waals surface area contributed by atoms with Crippen LogP contribution in [0.4, 0.5) is 0 Å². The van der Waals surface area contributed by atoms with Crippen LogP contribution < -0.4 is 0 Å². The second-order valence-corrected chi connectivity index (χ2v) is 10.5. The molecule has 3 aromatic heterocycles. The molecule has 1 aliphatic heterocycles. The molecule has 1 amide bonds. The topological polar surface area (TPSA) is 80.3 Å². The largest absolute Gasteiger partial charge is 0.461 e. The Kier molecular flexibility index (Phi) is 7.24. The van der Waals surface area contributed by atoms with E-state index in [-0.39, 0.29) is 5.91 Å². The number of furan rings is 1. The van der Waals surface area contributed by atoms with Gasteiger partial charge in [0, 0.05) is 36.6 Å². The number of benzene rings is 1. The molecule has 8 nitrogen and oxygen atoms in total. The zero-order chi connectivity index (χ0) is 24.4. The molecule has 35 heavy (non-hydrogen) atoms. The van der Waals surface area contributed by atoms with E-state index in [1.165, 1.54) is 23.1 Å². The van der Waals surface area contributed by atoms with Crippen LogP contribution in [0.5, 0.6) is 0 Å². The predicted molar refractivity (Wildman–Crippen MR) is 139 cm³/mol. The summed E-state index contributed by atoms with van der Waals surface area (Å²) in [5, 5.41) is 12.9. The van der Waals surface area contributed by atoms with Crippen molar-refractivity contribution in [1.82, 2.24) is 29.5 Å². The van der Waals surface area contributed by atoms with Gasteiger partial charge in [-0.15, -0.1) is 21.5 Å². The summed E-state index contributed by atoms with van der Waals surface area (Å²) in [7, 11) is 0. The highest BCUT2D eigenvalue weighted by atomic mass is 35.5. The smallest absolute Gasteiger partial charge is 0.273 e. The van der Waals surface area contributed by atoms with E-state index in [1.54, 1.807) is 6.26 Å². The van der Waals surface area contributed by atoms with E-state index in [2.05, 4.69) is 27.0 Å². The first-order chi connectivity index (χ1) is 17.0. The minimum Gasteiger partial charge on any atom is -0.461 e. The number of nitrogens with zero attached hydrogens (tertiary/aromatic N) is 6. The number of halogens is 1. The Balaban J connectivity index is 1.35. The number of thioether (sulfide) groups is 1. The summed E-state index contributed by atoms with van der Waals surface area (Å²) >= 11 is 9.32.